The predicted octanol–water partition coefficient (Wildman–Crippen LogP) is 1.46. The molecule has 1 aromatic heterocycles. The van der Waals surface area contributed by atoms with Crippen molar-refractivity contribution in [1.29, 1.82) is 0 Å². The number of benzene rings is 1. The highest BCUT2D eigenvalue weighted by Crippen LogP contribution is 1.98. The lowest BCUT2D eigenvalue weighted by atomic mass is 10.2. The quantitative estimate of drug-likeness (QED) is 0.647. The summed E-state index contributed by atoms with van der Waals surface area (Å²) in [6.07, 6.45) is 3.22. The number of rotatable bonds is 0. The molecule has 3 nitrogen and oxygen atoms in total. The Bertz CT molecular complexity index is 492. The molecular formula is C12H9N3. The fourth-order valence-electron chi connectivity index (χ4n) is 1.07. The summed E-state index contributed by atoms with van der Waals surface area (Å²) in [6.45, 7) is 0. The summed E-state index contributed by atoms with van der Waals surface area (Å²) in [4.78, 5) is 7.71. The van der Waals surface area contributed by atoms with Crippen LogP contribution in [-0.4, -0.2) is 9.97 Å². The fraction of sp³-hybridized carbons (Fsp3) is 0. The number of nitrogens with zero attached hydrogens (tertiary/aromatic N) is 2. The van der Waals surface area contributed by atoms with Crippen molar-refractivity contribution in [3.63, 3.8) is 0 Å². The number of anilines is 1. The normalized spacial score (nSPS) is 9.07. The van der Waals surface area contributed by atoms with Gasteiger partial charge in [-0.3, -0.25) is 0 Å². The minimum atomic E-state index is 0.264. The monoisotopic (exact) mass is 195 g/mol. The van der Waals surface area contributed by atoms with E-state index in [9.17, 15) is 0 Å². The van der Waals surface area contributed by atoms with Crippen LogP contribution in [0.5, 0.6) is 0 Å². The van der Waals surface area contributed by atoms with Gasteiger partial charge in [-0.1, -0.05) is 30.0 Å². The third-order valence-corrected chi connectivity index (χ3v) is 1.80. The second-order valence-corrected chi connectivity index (χ2v) is 2.95. The van der Waals surface area contributed by atoms with Crippen molar-refractivity contribution >= 4 is 5.95 Å². The van der Waals surface area contributed by atoms with Gasteiger partial charge in [0.1, 0.15) is 0 Å². The van der Waals surface area contributed by atoms with Gasteiger partial charge in [-0.25, -0.2) is 9.97 Å². The summed E-state index contributed by atoms with van der Waals surface area (Å²) in [5, 5.41) is 0. The van der Waals surface area contributed by atoms with Crippen LogP contribution in [0, 0.1) is 11.8 Å². The molecule has 0 atom stereocenters. The molecule has 0 aliphatic rings. The zero-order valence-electron chi connectivity index (χ0n) is 8.01. The van der Waals surface area contributed by atoms with Crippen LogP contribution in [0.2, 0.25) is 0 Å². The minimum absolute atomic E-state index is 0.264. The van der Waals surface area contributed by atoms with Crippen LogP contribution in [0.15, 0.2) is 42.7 Å². The third kappa shape index (κ3) is 2.55. The first-order valence-corrected chi connectivity index (χ1v) is 4.49. The highest BCUT2D eigenvalue weighted by molar-refractivity contribution is 5.41. The van der Waals surface area contributed by atoms with Gasteiger partial charge < -0.3 is 5.73 Å². The van der Waals surface area contributed by atoms with Gasteiger partial charge in [0, 0.05) is 18.0 Å². The van der Waals surface area contributed by atoms with E-state index in [1.807, 2.05) is 30.3 Å². The molecule has 0 aliphatic carbocycles. The first-order valence-electron chi connectivity index (χ1n) is 4.49. The summed E-state index contributed by atoms with van der Waals surface area (Å²) in [5.74, 6) is 6.23. The van der Waals surface area contributed by atoms with E-state index in [0.29, 0.717) is 0 Å². The first-order chi connectivity index (χ1) is 7.34. The van der Waals surface area contributed by atoms with Crippen molar-refractivity contribution in [3.05, 3.63) is 53.9 Å². The summed E-state index contributed by atoms with van der Waals surface area (Å²) in [5.41, 5.74) is 7.09. The van der Waals surface area contributed by atoms with Crippen LogP contribution in [0.4, 0.5) is 5.95 Å². The number of nitrogen functional groups attached to an aromatic ring is 1. The van der Waals surface area contributed by atoms with Crippen molar-refractivity contribution in [3.8, 4) is 11.8 Å². The molecule has 3 heteroatoms. The molecule has 2 aromatic rings. The topological polar surface area (TPSA) is 51.8 Å². The molecule has 0 radical (unpaired) electrons. The van der Waals surface area contributed by atoms with Crippen molar-refractivity contribution in [2.24, 2.45) is 0 Å². The molecule has 0 aliphatic heterocycles. The van der Waals surface area contributed by atoms with Crippen LogP contribution in [0.3, 0.4) is 0 Å². The van der Waals surface area contributed by atoms with Crippen LogP contribution in [-0.2, 0) is 0 Å². The molecule has 0 amide bonds. The molecule has 0 saturated heterocycles. The molecule has 1 heterocycles. The Morgan fingerprint density at radius 3 is 2.13 bits per heavy atom. The fourth-order valence-corrected chi connectivity index (χ4v) is 1.07. The van der Waals surface area contributed by atoms with Gasteiger partial charge in [0.05, 0.1) is 5.56 Å². The molecule has 0 saturated carbocycles. The van der Waals surface area contributed by atoms with E-state index in [1.54, 1.807) is 12.4 Å². The largest absolute Gasteiger partial charge is 0.368 e. The molecule has 1 aromatic carbocycles. The predicted molar refractivity (Wildman–Crippen MR) is 58.9 cm³/mol. The van der Waals surface area contributed by atoms with Crippen LogP contribution < -0.4 is 5.73 Å². The van der Waals surface area contributed by atoms with E-state index < -0.39 is 0 Å². The maximum Gasteiger partial charge on any atom is 0.219 e. The lowest BCUT2D eigenvalue weighted by molar-refractivity contribution is 1.17. The van der Waals surface area contributed by atoms with Gasteiger partial charge in [0.25, 0.3) is 0 Å². The SMILES string of the molecule is Nc1ncc(C#Cc2ccccc2)cn1. The van der Waals surface area contributed by atoms with E-state index in [1.165, 1.54) is 0 Å². The summed E-state index contributed by atoms with van der Waals surface area (Å²) < 4.78 is 0. The van der Waals surface area contributed by atoms with E-state index in [-0.39, 0.29) is 5.95 Å². The van der Waals surface area contributed by atoms with E-state index in [4.69, 9.17) is 5.73 Å². The second kappa shape index (κ2) is 4.25. The van der Waals surface area contributed by atoms with Crippen LogP contribution >= 0.6 is 0 Å². The molecule has 15 heavy (non-hydrogen) atoms. The van der Waals surface area contributed by atoms with Crippen molar-refractivity contribution in [2.45, 2.75) is 0 Å². The Balaban J connectivity index is 2.22. The van der Waals surface area contributed by atoms with Gasteiger partial charge in [0.2, 0.25) is 5.95 Å². The zero-order chi connectivity index (χ0) is 10.5. The van der Waals surface area contributed by atoms with Crippen molar-refractivity contribution in [1.82, 2.24) is 9.97 Å². The zero-order valence-corrected chi connectivity index (χ0v) is 8.01. The average Bonchev–Trinajstić information content (AvgIpc) is 2.30. The molecule has 2 rings (SSSR count). The van der Waals surface area contributed by atoms with Gasteiger partial charge in [-0.2, -0.15) is 0 Å². The van der Waals surface area contributed by atoms with E-state index in [0.717, 1.165) is 11.1 Å². The Labute approximate surface area is 88.0 Å². The number of hydrogen-bond acceptors (Lipinski definition) is 3. The minimum Gasteiger partial charge on any atom is -0.368 e. The van der Waals surface area contributed by atoms with Gasteiger partial charge >= 0.3 is 0 Å². The van der Waals surface area contributed by atoms with Gasteiger partial charge in [0.15, 0.2) is 0 Å². The number of nitrogens with two attached hydrogens (primary N) is 1. The molecule has 2 N–H and O–H groups in total. The second-order valence-electron chi connectivity index (χ2n) is 2.95. The smallest absolute Gasteiger partial charge is 0.219 e. The third-order valence-electron chi connectivity index (χ3n) is 1.80. The number of hydrogen-bond donors (Lipinski definition) is 1. The van der Waals surface area contributed by atoms with Gasteiger partial charge in [-0.05, 0) is 12.1 Å². The Morgan fingerprint density at radius 1 is 0.867 bits per heavy atom. The highest BCUT2D eigenvalue weighted by Gasteiger charge is 1.88. The standard InChI is InChI=1S/C12H9N3/c13-12-14-8-11(9-15-12)7-6-10-4-2-1-3-5-10/h1-5,8-9H,(H2,13,14,15). The van der Waals surface area contributed by atoms with E-state index >= 15 is 0 Å². The molecule has 0 fully saturated rings. The lowest BCUT2D eigenvalue weighted by Crippen LogP contribution is -1.93. The molecule has 0 spiro atoms. The maximum absolute atomic E-state index is 5.36. The molecule has 72 valence electrons. The lowest BCUT2D eigenvalue weighted by Gasteiger charge is -1.90. The molecule has 0 bridgehead atoms. The van der Waals surface area contributed by atoms with E-state index in [2.05, 4.69) is 21.8 Å². The summed E-state index contributed by atoms with van der Waals surface area (Å²) >= 11 is 0. The first kappa shape index (κ1) is 9.22. The highest BCUT2D eigenvalue weighted by atomic mass is 15.0. The average molecular weight is 195 g/mol. The van der Waals surface area contributed by atoms with Gasteiger partial charge in [-0.15, -0.1) is 0 Å². The summed E-state index contributed by atoms with van der Waals surface area (Å²) in [6, 6.07) is 9.75. The van der Waals surface area contributed by atoms with Crippen LogP contribution in [0.1, 0.15) is 11.1 Å². The Hall–Kier alpha value is -2.34. The molecule has 0 unspecified atom stereocenters. The molecular weight excluding hydrogens is 186 g/mol. The number of aromatic nitrogens is 2. The Kier molecular flexibility index (Phi) is 2.61. The maximum atomic E-state index is 5.36. The van der Waals surface area contributed by atoms with Crippen molar-refractivity contribution in [2.75, 3.05) is 5.73 Å². The van der Waals surface area contributed by atoms with Crippen LogP contribution in [0.25, 0.3) is 0 Å². The Morgan fingerprint density at radius 2 is 1.47 bits per heavy atom. The summed E-state index contributed by atoms with van der Waals surface area (Å²) in [7, 11) is 0. The van der Waals surface area contributed by atoms with Crippen molar-refractivity contribution < 1.29 is 0 Å².